The molecule has 318 valence electrons. The van der Waals surface area contributed by atoms with E-state index in [1.165, 1.54) is 131 Å². The second kappa shape index (κ2) is 12.5. The average molecular weight is 859 g/mol. The zero-order valence-corrected chi connectivity index (χ0v) is 38.5. The van der Waals surface area contributed by atoms with Gasteiger partial charge in [-0.15, -0.1) is 0 Å². The third-order valence-corrected chi connectivity index (χ3v) is 15.3. The molecule has 0 amide bonds. The van der Waals surface area contributed by atoms with Crippen molar-refractivity contribution >= 4 is 120 Å². The van der Waals surface area contributed by atoms with Crippen molar-refractivity contribution in [3.63, 3.8) is 0 Å². The lowest BCUT2D eigenvalue weighted by molar-refractivity contribution is 0.591. The van der Waals surface area contributed by atoms with E-state index in [-0.39, 0.29) is 10.8 Å². The molecule has 0 saturated heterocycles. The van der Waals surface area contributed by atoms with Crippen LogP contribution in [0, 0.1) is 0 Å². The van der Waals surface area contributed by atoms with Crippen LogP contribution in [0.25, 0.3) is 137 Å². The molecule has 67 heavy (non-hydrogen) atoms. The first-order valence-electron chi connectivity index (χ1n) is 23.7. The van der Waals surface area contributed by atoms with Gasteiger partial charge in [0.15, 0.2) is 0 Å². The highest BCUT2D eigenvalue weighted by molar-refractivity contribution is 6.34. The third-order valence-electron chi connectivity index (χ3n) is 15.3. The SMILES string of the molecule is CC(C)(C)c1cc(-c2ccc3c(c2)c2ccccc2n3-c2ccccc2)c2c(c1)c1c3ccccc3cc3c4nc5c(cc4n2c31)c1cc(C(C)(C)C)cc2c3c4ccccc4ccc3n5c12. The Balaban J connectivity index is 1.13. The largest absolute Gasteiger partial charge is 0.309 e. The molecule has 0 unspecified atom stereocenters. The Morgan fingerprint density at radius 3 is 1.78 bits per heavy atom. The molecule has 15 rings (SSSR count). The maximum atomic E-state index is 5.90. The summed E-state index contributed by atoms with van der Waals surface area (Å²) in [6.07, 6.45) is 0. The van der Waals surface area contributed by atoms with Gasteiger partial charge in [-0.1, -0.05) is 139 Å². The van der Waals surface area contributed by atoms with E-state index in [9.17, 15) is 0 Å². The fourth-order valence-corrected chi connectivity index (χ4v) is 12.1. The summed E-state index contributed by atoms with van der Waals surface area (Å²) in [5.41, 5.74) is 16.7. The van der Waals surface area contributed by atoms with Crippen molar-refractivity contribution in [2.45, 2.75) is 52.4 Å². The van der Waals surface area contributed by atoms with Gasteiger partial charge in [0.1, 0.15) is 5.65 Å². The molecule has 15 aromatic rings. The van der Waals surface area contributed by atoms with Crippen LogP contribution < -0.4 is 0 Å². The topological polar surface area (TPSA) is 26.6 Å². The molecule has 0 radical (unpaired) electrons. The van der Waals surface area contributed by atoms with Crippen LogP contribution in [-0.4, -0.2) is 18.4 Å². The summed E-state index contributed by atoms with van der Waals surface area (Å²) in [7, 11) is 0. The summed E-state index contributed by atoms with van der Waals surface area (Å²) >= 11 is 0. The molecule has 0 aliphatic heterocycles. The van der Waals surface area contributed by atoms with E-state index in [1.807, 2.05) is 0 Å². The van der Waals surface area contributed by atoms with Crippen molar-refractivity contribution in [2.75, 3.05) is 0 Å². The minimum Gasteiger partial charge on any atom is -0.309 e. The lowest BCUT2D eigenvalue weighted by Gasteiger charge is -2.21. The Kier molecular flexibility index (Phi) is 6.94. The van der Waals surface area contributed by atoms with Crippen LogP contribution in [0.4, 0.5) is 0 Å². The van der Waals surface area contributed by atoms with Crippen LogP contribution in [0.2, 0.25) is 0 Å². The fourth-order valence-electron chi connectivity index (χ4n) is 12.1. The summed E-state index contributed by atoms with van der Waals surface area (Å²) in [5.74, 6) is 0. The van der Waals surface area contributed by atoms with Gasteiger partial charge in [0, 0.05) is 59.7 Å². The van der Waals surface area contributed by atoms with Crippen molar-refractivity contribution in [1.29, 1.82) is 0 Å². The van der Waals surface area contributed by atoms with Gasteiger partial charge in [-0.05, 0) is 122 Å². The minimum absolute atomic E-state index is 0.0517. The second-order valence-electron chi connectivity index (χ2n) is 21.2. The van der Waals surface area contributed by atoms with E-state index in [4.69, 9.17) is 4.98 Å². The number of aromatic nitrogens is 4. The standard InChI is InChI=1S/C63H46N4/c1-62(2,3)38-30-44(37-25-26-52-45(28-37)43-22-14-15-23-51(43)65(52)40-18-8-7-9-19-40)58-49(33-38)56-42-21-13-11-17-36(42)29-50-57-54(66(58)60(50)56)34-47-46-31-39(63(4,5)6)32-48-55-41-20-12-10-16-35(41)24-27-53(55)67(59(46)48)61(47)64-57/h7-34H,1-6H3. The highest BCUT2D eigenvalue weighted by Crippen LogP contribution is 2.50. The first-order valence-corrected chi connectivity index (χ1v) is 23.7. The molecule has 0 fully saturated rings. The van der Waals surface area contributed by atoms with Gasteiger partial charge in [-0.25, -0.2) is 4.98 Å². The molecular formula is C63H46N4. The highest BCUT2D eigenvalue weighted by Gasteiger charge is 2.29. The quantitative estimate of drug-likeness (QED) is 0.170. The van der Waals surface area contributed by atoms with Crippen molar-refractivity contribution in [3.8, 4) is 16.8 Å². The normalized spacial score (nSPS) is 13.2. The summed E-state index contributed by atoms with van der Waals surface area (Å²) < 4.78 is 7.48. The Bertz CT molecular complexity index is 4620. The average Bonchev–Trinajstić information content (AvgIpc) is 4.12. The second-order valence-corrected chi connectivity index (χ2v) is 21.2. The van der Waals surface area contributed by atoms with Gasteiger partial charge in [-0.2, -0.15) is 0 Å². The van der Waals surface area contributed by atoms with Crippen molar-refractivity contribution < 1.29 is 0 Å². The predicted molar refractivity (Wildman–Crippen MR) is 286 cm³/mol. The Morgan fingerprint density at radius 2 is 1.00 bits per heavy atom. The third kappa shape index (κ3) is 4.79. The lowest BCUT2D eigenvalue weighted by atomic mass is 9.83. The summed E-state index contributed by atoms with van der Waals surface area (Å²) in [6.45, 7) is 14.1. The molecule has 6 heterocycles. The molecule has 0 bridgehead atoms. The van der Waals surface area contributed by atoms with E-state index >= 15 is 0 Å². The summed E-state index contributed by atoms with van der Waals surface area (Å²) in [4.78, 5) is 5.90. The predicted octanol–water partition coefficient (Wildman–Crippen LogP) is 17.0. The number of pyridine rings is 1. The van der Waals surface area contributed by atoms with Crippen molar-refractivity contribution in [1.82, 2.24) is 18.4 Å². The fraction of sp³-hybridized carbons (Fsp3) is 0.127. The molecule has 0 saturated carbocycles. The number of fused-ring (bicyclic) bond motifs is 19. The maximum absolute atomic E-state index is 5.90. The van der Waals surface area contributed by atoms with Crippen LogP contribution in [0.5, 0.6) is 0 Å². The number of hydrogen-bond donors (Lipinski definition) is 0. The molecule has 0 spiro atoms. The van der Waals surface area contributed by atoms with Gasteiger partial charge < -0.3 is 8.97 Å². The van der Waals surface area contributed by atoms with Gasteiger partial charge in [-0.3, -0.25) is 4.40 Å². The van der Waals surface area contributed by atoms with Gasteiger partial charge in [0.25, 0.3) is 0 Å². The van der Waals surface area contributed by atoms with Crippen molar-refractivity contribution in [3.05, 3.63) is 181 Å². The lowest BCUT2D eigenvalue weighted by Crippen LogP contribution is -2.11. The first kappa shape index (κ1) is 37.3. The molecule has 0 atom stereocenters. The van der Waals surface area contributed by atoms with E-state index in [0.29, 0.717) is 0 Å². The molecular weight excluding hydrogens is 813 g/mol. The van der Waals surface area contributed by atoms with Gasteiger partial charge in [0.05, 0.1) is 44.1 Å². The Labute approximate surface area is 386 Å². The van der Waals surface area contributed by atoms with E-state index in [2.05, 4.69) is 225 Å². The summed E-state index contributed by atoms with van der Waals surface area (Å²) in [5, 5.41) is 16.4. The number of rotatable bonds is 2. The van der Waals surface area contributed by atoms with Crippen LogP contribution in [0.1, 0.15) is 52.7 Å². The Hall–Kier alpha value is -7.95. The van der Waals surface area contributed by atoms with E-state index < -0.39 is 0 Å². The number of hydrogen-bond acceptors (Lipinski definition) is 1. The van der Waals surface area contributed by atoms with Gasteiger partial charge in [0.2, 0.25) is 0 Å². The molecule has 4 nitrogen and oxygen atoms in total. The molecule has 0 aliphatic carbocycles. The van der Waals surface area contributed by atoms with Crippen LogP contribution in [0.15, 0.2) is 170 Å². The molecule has 4 heteroatoms. The highest BCUT2D eigenvalue weighted by atomic mass is 15.0. The van der Waals surface area contributed by atoms with Gasteiger partial charge >= 0.3 is 0 Å². The number of para-hydroxylation sites is 2. The Morgan fingerprint density at radius 1 is 0.373 bits per heavy atom. The zero-order chi connectivity index (χ0) is 44.8. The monoisotopic (exact) mass is 858 g/mol. The smallest absolute Gasteiger partial charge is 0.146 e. The minimum atomic E-state index is -0.0897. The van der Waals surface area contributed by atoms with E-state index in [1.54, 1.807) is 0 Å². The maximum Gasteiger partial charge on any atom is 0.146 e. The number of nitrogens with zero attached hydrogens (tertiary/aromatic N) is 4. The van der Waals surface area contributed by atoms with Crippen LogP contribution in [-0.2, 0) is 10.8 Å². The zero-order valence-electron chi connectivity index (χ0n) is 38.5. The molecule has 6 aromatic heterocycles. The first-order chi connectivity index (χ1) is 32.5. The van der Waals surface area contributed by atoms with Crippen LogP contribution >= 0.6 is 0 Å². The van der Waals surface area contributed by atoms with E-state index in [0.717, 1.165) is 16.7 Å². The number of benzene rings is 9. The van der Waals surface area contributed by atoms with Crippen LogP contribution in [0.3, 0.4) is 0 Å². The molecule has 9 aromatic carbocycles. The molecule has 0 N–H and O–H groups in total. The molecule has 0 aliphatic rings. The van der Waals surface area contributed by atoms with Crippen molar-refractivity contribution in [2.24, 2.45) is 0 Å². The summed E-state index contributed by atoms with van der Waals surface area (Å²) in [6, 6.07) is 64.0.